The highest BCUT2D eigenvalue weighted by atomic mass is 16.5. The van der Waals surface area contributed by atoms with Gasteiger partial charge in [-0.05, 0) is 24.5 Å². The highest BCUT2D eigenvalue weighted by molar-refractivity contribution is 5.94. The number of likely N-dealkylation sites (tertiary alicyclic amines) is 1. The molecule has 1 saturated heterocycles. The molecule has 0 spiro atoms. The quantitative estimate of drug-likeness (QED) is 0.830. The van der Waals surface area contributed by atoms with Gasteiger partial charge >= 0.3 is 0 Å². The SMILES string of the molecule is CO[C@@H]1CCN(C(=O)c2ccnnc2)[C@H]1Cc1cnn(C)c1. The first kappa shape index (κ1) is 14.6. The van der Waals surface area contributed by atoms with Crippen LogP contribution in [0, 0.1) is 0 Å². The molecule has 22 heavy (non-hydrogen) atoms. The Bertz CT molecular complexity index is 642. The summed E-state index contributed by atoms with van der Waals surface area (Å²) in [5, 5.41) is 11.7. The average Bonchev–Trinajstić information content (AvgIpc) is 3.14. The molecule has 0 unspecified atom stereocenters. The molecule has 1 aliphatic heterocycles. The van der Waals surface area contributed by atoms with E-state index in [2.05, 4.69) is 15.3 Å². The second kappa shape index (κ2) is 6.23. The molecule has 3 heterocycles. The standard InChI is InChI=1S/C15H19N5O2/c1-19-10-11(8-18-19)7-13-14(22-2)4-6-20(13)15(21)12-3-5-16-17-9-12/h3,5,8-10,13-14H,4,6-7H2,1-2H3/t13-,14+/m0/s1. The average molecular weight is 301 g/mol. The Morgan fingerprint density at radius 1 is 1.41 bits per heavy atom. The van der Waals surface area contributed by atoms with Crippen LogP contribution in [0.5, 0.6) is 0 Å². The maximum absolute atomic E-state index is 12.7. The Morgan fingerprint density at radius 3 is 2.91 bits per heavy atom. The van der Waals surface area contributed by atoms with Crippen molar-refractivity contribution in [3.05, 3.63) is 42.0 Å². The third-order valence-corrected chi connectivity index (χ3v) is 4.08. The molecule has 2 aromatic rings. The maximum atomic E-state index is 12.7. The minimum Gasteiger partial charge on any atom is -0.379 e. The molecule has 0 N–H and O–H groups in total. The number of ether oxygens (including phenoxy) is 1. The van der Waals surface area contributed by atoms with Crippen molar-refractivity contribution in [3.63, 3.8) is 0 Å². The number of aromatic nitrogens is 4. The number of methoxy groups -OCH3 is 1. The number of hydrogen-bond donors (Lipinski definition) is 0. The number of amides is 1. The van der Waals surface area contributed by atoms with E-state index < -0.39 is 0 Å². The monoisotopic (exact) mass is 301 g/mol. The van der Waals surface area contributed by atoms with Gasteiger partial charge in [0.15, 0.2) is 0 Å². The minimum absolute atomic E-state index is 0.00913. The van der Waals surface area contributed by atoms with Gasteiger partial charge in [0.1, 0.15) is 0 Å². The van der Waals surface area contributed by atoms with Crippen molar-refractivity contribution in [2.75, 3.05) is 13.7 Å². The van der Waals surface area contributed by atoms with Gasteiger partial charge in [0, 0.05) is 26.9 Å². The number of rotatable bonds is 4. The lowest BCUT2D eigenvalue weighted by Crippen LogP contribution is -2.41. The molecule has 0 radical (unpaired) electrons. The number of carbonyl (C=O) groups excluding carboxylic acids is 1. The van der Waals surface area contributed by atoms with Crippen LogP contribution in [0.25, 0.3) is 0 Å². The van der Waals surface area contributed by atoms with Gasteiger partial charge < -0.3 is 9.64 Å². The fourth-order valence-corrected chi connectivity index (χ4v) is 3.00. The number of carbonyl (C=O) groups is 1. The van der Waals surface area contributed by atoms with Crippen molar-refractivity contribution < 1.29 is 9.53 Å². The predicted octanol–water partition coefficient (Wildman–Crippen LogP) is 0.682. The Balaban J connectivity index is 1.81. The van der Waals surface area contributed by atoms with Crippen molar-refractivity contribution in [2.45, 2.75) is 25.0 Å². The molecule has 2 aromatic heterocycles. The summed E-state index contributed by atoms with van der Waals surface area (Å²) in [5.41, 5.74) is 1.66. The van der Waals surface area contributed by atoms with E-state index in [0.29, 0.717) is 12.1 Å². The Labute approximate surface area is 128 Å². The topological polar surface area (TPSA) is 73.1 Å². The lowest BCUT2D eigenvalue weighted by molar-refractivity contribution is 0.0508. The largest absolute Gasteiger partial charge is 0.379 e. The summed E-state index contributed by atoms with van der Waals surface area (Å²) < 4.78 is 7.34. The smallest absolute Gasteiger partial charge is 0.255 e. The van der Waals surface area contributed by atoms with Gasteiger partial charge in [-0.3, -0.25) is 9.48 Å². The van der Waals surface area contributed by atoms with Crippen molar-refractivity contribution in [2.24, 2.45) is 7.05 Å². The number of nitrogens with zero attached hydrogens (tertiary/aromatic N) is 5. The first-order chi connectivity index (χ1) is 10.7. The maximum Gasteiger partial charge on any atom is 0.255 e. The molecular formula is C15H19N5O2. The molecule has 2 atom stereocenters. The molecule has 1 amide bonds. The van der Waals surface area contributed by atoms with Gasteiger partial charge in [0.05, 0.1) is 36.3 Å². The molecule has 116 valence electrons. The number of hydrogen-bond acceptors (Lipinski definition) is 5. The minimum atomic E-state index is -0.0247. The van der Waals surface area contributed by atoms with Crippen LogP contribution in [0.2, 0.25) is 0 Å². The first-order valence-electron chi connectivity index (χ1n) is 7.27. The van der Waals surface area contributed by atoms with E-state index in [0.717, 1.165) is 18.4 Å². The fourth-order valence-electron chi connectivity index (χ4n) is 3.00. The van der Waals surface area contributed by atoms with Crippen LogP contribution < -0.4 is 0 Å². The van der Waals surface area contributed by atoms with E-state index >= 15 is 0 Å². The lowest BCUT2D eigenvalue weighted by atomic mass is 10.0. The van der Waals surface area contributed by atoms with Gasteiger partial charge in [0.25, 0.3) is 5.91 Å². The van der Waals surface area contributed by atoms with Crippen LogP contribution in [-0.2, 0) is 18.2 Å². The summed E-state index contributed by atoms with van der Waals surface area (Å²) in [5.74, 6) is -0.0247. The molecule has 0 bridgehead atoms. The van der Waals surface area contributed by atoms with E-state index in [1.165, 1.54) is 12.4 Å². The molecule has 7 heteroatoms. The van der Waals surface area contributed by atoms with Crippen molar-refractivity contribution >= 4 is 5.91 Å². The van der Waals surface area contributed by atoms with Crippen LogP contribution in [0.1, 0.15) is 22.3 Å². The van der Waals surface area contributed by atoms with E-state index in [1.807, 2.05) is 24.3 Å². The van der Waals surface area contributed by atoms with Crippen LogP contribution in [0.3, 0.4) is 0 Å². The number of aryl methyl sites for hydroxylation is 1. The lowest BCUT2D eigenvalue weighted by Gasteiger charge is -2.27. The van der Waals surface area contributed by atoms with Gasteiger partial charge in [-0.25, -0.2) is 0 Å². The third-order valence-electron chi connectivity index (χ3n) is 4.08. The molecule has 0 aromatic carbocycles. The summed E-state index contributed by atoms with van der Waals surface area (Å²) in [6, 6.07) is 1.70. The van der Waals surface area contributed by atoms with E-state index in [1.54, 1.807) is 17.9 Å². The zero-order valence-electron chi connectivity index (χ0n) is 12.7. The zero-order valence-corrected chi connectivity index (χ0v) is 12.7. The van der Waals surface area contributed by atoms with Crippen LogP contribution in [-0.4, -0.2) is 56.6 Å². The van der Waals surface area contributed by atoms with E-state index in [-0.39, 0.29) is 18.1 Å². The molecule has 1 aliphatic rings. The second-order valence-electron chi connectivity index (χ2n) is 5.49. The molecule has 0 saturated carbocycles. The van der Waals surface area contributed by atoms with Crippen LogP contribution in [0.4, 0.5) is 0 Å². The Kier molecular flexibility index (Phi) is 4.15. The molecule has 1 fully saturated rings. The summed E-state index contributed by atoms with van der Waals surface area (Å²) >= 11 is 0. The highest BCUT2D eigenvalue weighted by Crippen LogP contribution is 2.25. The summed E-state index contributed by atoms with van der Waals surface area (Å²) in [7, 11) is 3.58. The van der Waals surface area contributed by atoms with Crippen molar-refractivity contribution in [3.8, 4) is 0 Å². The molecule has 0 aliphatic carbocycles. The third kappa shape index (κ3) is 2.85. The van der Waals surface area contributed by atoms with Crippen LogP contribution in [0.15, 0.2) is 30.9 Å². The van der Waals surface area contributed by atoms with Gasteiger partial charge in [-0.1, -0.05) is 0 Å². The predicted molar refractivity (Wildman–Crippen MR) is 79.2 cm³/mol. The summed E-state index contributed by atoms with van der Waals surface area (Å²) in [6.07, 6.45) is 8.46. The van der Waals surface area contributed by atoms with Gasteiger partial charge in [-0.15, -0.1) is 0 Å². The Hall–Kier alpha value is -2.28. The van der Waals surface area contributed by atoms with Gasteiger partial charge in [-0.2, -0.15) is 15.3 Å². The van der Waals surface area contributed by atoms with Crippen LogP contribution >= 0.6 is 0 Å². The summed E-state index contributed by atoms with van der Waals surface area (Å²) in [4.78, 5) is 14.6. The van der Waals surface area contributed by atoms with Crippen molar-refractivity contribution in [1.82, 2.24) is 24.9 Å². The van der Waals surface area contributed by atoms with Gasteiger partial charge in [0.2, 0.25) is 0 Å². The molecule has 3 rings (SSSR count). The Morgan fingerprint density at radius 2 is 2.27 bits per heavy atom. The normalized spacial score (nSPS) is 21.3. The van der Waals surface area contributed by atoms with E-state index in [9.17, 15) is 4.79 Å². The zero-order chi connectivity index (χ0) is 15.5. The van der Waals surface area contributed by atoms with Crippen molar-refractivity contribution in [1.29, 1.82) is 0 Å². The highest BCUT2D eigenvalue weighted by Gasteiger charge is 2.37. The molecular weight excluding hydrogens is 282 g/mol. The first-order valence-corrected chi connectivity index (χ1v) is 7.27. The fraction of sp³-hybridized carbons (Fsp3) is 0.467. The second-order valence-corrected chi connectivity index (χ2v) is 5.49. The summed E-state index contributed by atoms with van der Waals surface area (Å²) in [6.45, 7) is 0.685. The molecule has 7 nitrogen and oxygen atoms in total. The van der Waals surface area contributed by atoms with E-state index in [4.69, 9.17) is 4.74 Å².